The van der Waals surface area contributed by atoms with Gasteiger partial charge in [-0.25, -0.2) is 4.98 Å². The Hall–Kier alpha value is -0.870. The fourth-order valence-electron chi connectivity index (χ4n) is 1.77. The first kappa shape index (κ1) is 12.2. The molecule has 5 heteroatoms. The summed E-state index contributed by atoms with van der Waals surface area (Å²) in [5, 5.41) is 0. The van der Waals surface area contributed by atoms with Crippen LogP contribution in [0.2, 0.25) is 0 Å². The van der Waals surface area contributed by atoms with E-state index >= 15 is 0 Å². The molecule has 1 aromatic heterocycles. The highest BCUT2D eigenvalue weighted by Gasteiger charge is 2.17. The van der Waals surface area contributed by atoms with E-state index in [0.717, 1.165) is 37.4 Å². The molecular weight excluding hydrogens is 212 g/mol. The minimum absolute atomic E-state index is 0. The molecule has 0 aromatic carbocycles. The van der Waals surface area contributed by atoms with E-state index in [9.17, 15) is 0 Å². The van der Waals surface area contributed by atoms with E-state index < -0.39 is 0 Å². The van der Waals surface area contributed by atoms with Gasteiger partial charge in [-0.15, -0.1) is 12.4 Å². The third-order valence-electron chi connectivity index (χ3n) is 2.55. The van der Waals surface area contributed by atoms with E-state index in [2.05, 4.69) is 14.9 Å². The van der Waals surface area contributed by atoms with Gasteiger partial charge in [0.1, 0.15) is 5.82 Å². The third-order valence-corrected chi connectivity index (χ3v) is 2.55. The largest absolute Gasteiger partial charge is 0.354 e. The Bertz CT molecular complexity index is 301. The van der Waals surface area contributed by atoms with E-state index in [-0.39, 0.29) is 18.4 Å². The monoisotopic (exact) mass is 228 g/mol. The normalized spacial score (nSPS) is 20.9. The number of anilines is 1. The lowest BCUT2D eigenvalue weighted by atomic mass is 10.1. The summed E-state index contributed by atoms with van der Waals surface area (Å²) in [5.74, 6) is 0.950. The molecular formula is C10H17ClN4. The third kappa shape index (κ3) is 3.04. The highest BCUT2D eigenvalue weighted by atomic mass is 35.5. The zero-order valence-corrected chi connectivity index (χ0v) is 9.70. The van der Waals surface area contributed by atoms with E-state index in [1.807, 2.05) is 13.1 Å². The second-order valence-corrected chi connectivity index (χ2v) is 3.86. The Morgan fingerprint density at radius 2 is 2.20 bits per heavy atom. The summed E-state index contributed by atoms with van der Waals surface area (Å²) in [5.41, 5.74) is 6.86. The molecule has 1 aromatic rings. The molecule has 2 N–H and O–H groups in total. The van der Waals surface area contributed by atoms with Crippen molar-refractivity contribution in [1.82, 2.24) is 9.97 Å². The summed E-state index contributed by atoms with van der Waals surface area (Å²) in [6, 6.07) is 0.284. The molecule has 2 heterocycles. The van der Waals surface area contributed by atoms with Crippen LogP contribution in [0.25, 0.3) is 0 Å². The number of aryl methyl sites for hydroxylation is 1. The number of hydrogen-bond acceptors (Lipinski definition) is 4. The molecule has 1 atom stereocenters. The lowest BCUT2D eigenvalue weighted by Gasteiger charge is -2.31. The van der Waals surface area contributed by atoms with Crippen LogP contribution in [0.1, 0.15) is 18.5 Å². The highest BCUT2D eigenvalue weighted by molar-refractivity contribution is 5.85. The smallest absolute Gasteiger partial charge is 0.147 e. The van der Waals surface area contributed by atoms with Crippen molar-refractivity contribution in [2.45, 2.75) is 25.8 Å². The van der Waals surface area contributed by atoms with Gasteiger partial charge in [0.15, 0.2) is 0 Å². The zero-order valence-electron chi connectivity index (χ0n) is 8.89. The lowest BCUT2D eigenvalue weighted by molar-refractivity contribution is 0.502. The molecule has 1 saturated heterocycles. The van der Waals surface area contributed by atoms with Crippen LogP contribution in [0.4, 0.5) is 5.82 Å². The number of piperidine rings is 1. The topological polar surface area (TPSA) is 55.0 Å². The van der Waals surface area contributed by atoms with E-state index in [0.29, 0.717) is 0 Å². The predicted molar refractivity (Wildman–Crippen MR) is 63.4 cm³/mol. The molecule has 1 aliphatic rings. The molecule has 0 saturated carbocycles. The Balaban J connectivity index is 0.00000112. The van der Waals surface area contributed by atoms with Crippen molar-refractivity contribution in [3.8, 4) is 0 Å². The van der Waals surface area contributed by atoms with Gasteiger partial charge in [-0.05, 0) is 19.8 Å². The van der Waals surface area contributed by atoms with Crippen molar-refractivity contribution in [1.29, 1.82) is 0 Å². The maximum atomic E-state index is 5.90. The summed E-state index contributed by atoms with van der Waals surface area (Å²) in [6.45, 7) is 3.89. The van der Waals surface area contributed by atoms with Crippen LogP contribution in [0.3, 0.4) is 0 Å². The number of halogens is 1. The predicted octanol–water partition coefficient (Wildman–Crippen LogP) is 1.13. The van der Waals surface area contributed by atoms with Crippen molar-refractivity contribution in [3.05, 3.63) is 18.1 Å². The molecule has 2 rings (SSSR count). The van der Waals surface area contributed by atoms with Crippen molar-refractivity contribution in [2.75, 3.05) is 18.0 Å². The summed E-state index contributed by atoms with van der Waals surface area (Å²) < 4.78 is 0. The van der Waals surface area contributed by atoms with Crippen molar-refractivity contribution in [3.63, 3.8) is 0 Å². The van der Waals surface area contributed by atoms with Gasteiger partial charge in [-0.2, -0.15) is 0 Å². The van der Waals surface area contributed by atoms with Crippen LogP contribution in [-0.4, -0.2) is 29.1 Å². The molecule has 0 unspecified atom stereocenters. The van der Waals surface area contributed by atoms with Crippen molar-refractivity contribution >= 4 is 18.2 Å². The van der Waals surface area contributed by atoms with Crippen LogP contribution in [0, 0.1) is 6.92 Å². The quantitative estimate of drug-likeness (QED) is 0.783. The van der Waals surface area contributed by atoms with Crippen LogP contribution in [-0.2, 0) is 0 Å². The fraction of sp³-hybridized carbons (Fsp3) is 0.600. The first-order valence-corrected chi connectivity index (χ1v) is 5.05. The van der Waals surface area contributed by atoms with E-state index in [4.69, 9.17) is 5.73 Å². The minimum atomic E-state index is 0. The molecule has 0 amide bonds. The Morgan fingerprint density at radius 3 is 2.80 bits per heavy atom. The lowest BCUT2D eigenvalue weighted by Crippen LogP contribution is -2.43. The number of nitrogens with two attached hydrogens (primary N) is 1. The maximum Gasteiger partial charge on any atom is 0.147 e. The molecule has 0 spiro atoms. The van der Waals surface area contributed by atoms with Gasteiger partial charge >= 0.3 is 0 Å². The first-order chi connectivity index (χ1) is 6.75. The Labute approximate surface area is 96.3 Å². The van der Waals surface area contributed by atoms with Crippen molar-refractivity contribution in [2.24, 2.45) is 5.73 Å². The molecule has 1 fully saturated rings. The van der Waals surface area contributed by atoms with Gasteiger partial charge in [0.2, 0.25) is 0 Å². The van der Waals surface area contributed by atoms with Crippen LogP contribution >= 0.6 is 12.4 Å². The Kier molecular flexibility index (Phi) is 4.29. The molecule has 0 aliphatic carbocycles. The Morgan fingerprint density at radius 1 is 1.40 bits per heavy atom. The van der Waals surface area contributed by atoms with Gasteiger partial charge in [0.05, 0.1) is 18.1 Å². The van der Waals surface area contributed by atoms with Crippen LogP contribution < -0.4 is 10.6 Å². The van der Waals surface area contributed by atoms with Gasteiger partial charge in [0.25, 0.3) is 0 Å². The summed E-state index contributed by atoms with van der Waals surface area (Å²) in [6.07, 6.45) is 5.90. The van der Waals surface area contributed by atoms with Gasteiger partial charge in [-0.1, -0.05) is 0 Å². The zero-order chi connectivity index (χ0) is 9.97. The van der Waals surface area contributed by atoms with Crippen molar-refractivity contribution < 1.29 is 0 Å². The maximum absolute atomic E-state index is 5.90. The molecule has 84 valence electrons. The summed E-state index contributed by atoms with van der Waals surface area (Å²) in [4.78, 5) is 10.8. The van der Waals surface area contributed by atoms with E-state index in [1.165, 1.54) is 0 Å². The van der Waals surface area contributed by atoms with E-state index in [1.54, 1.807) is 6.20 Å². The molecule has 15 heavy (non-hydrogen) atoms. The average molecular weight is 229 g/mol. The second-order valence-electron chi connectivity index (χ2n) is 3.86. The number of hydrogen-bond donors (Lipinski definition) is 1. The summed E-state index contributed by atoms with van der Waals surface area (Å²) >= 11 is 0. The molecule has 0 bridgehead atoms. The standard InChI is InChI=1S/C10H16N4.ClH/c1-8-5-13-10(6-12-8)14-4-2-3-9(11)7-14;/h5-6,9H,2-4,7,11H2,1H3;1H/t9-;/m0./s1. The molecule has 0 radical (unpaired) electrons. The fourth-order valence-corrected chi connectivity index (χ4v) is 1.77. The SMILES string of the molecule is Cc1cnc(N2CCC[C@H](N)C2)cn1.Cl. The van der Waals surface area contributed by atoms with Crippen LogP contribution in [0.5, 0.6) is 0 Å². The molecule has 4 nitrogen and oxygen atoms in total. The summed E-state index contributed by atoms with van der Waals surface area (Å²) in [7, 11) is 0. The van der Waals surface area contributed by atoms with Gasteiger partial charge < -0.3 is 10.6 Å². The first-order valence-electron chi connectivity index (χ1n) is 5.05. The number of aromatic nitrogens is 2. The van der Waals surface area contributed by atoms with Gasteiger partial charge in [0, 0.05) is 19.1 Å². The average Bonchev–Trinajstić information content (AvgIpc) is 2.19. The highest BCUT2D eigenvalue weighted by Crippen LogP contribution is 2.15. The second kappa shape index (κ2) is 5.28. The van der Waals surface area contributed by atoms with Crippen LogP contribution in [0.15, 0.2) is 12.4 Å². The number of rotatable bonds is 1. The number of nitrogens with zero attached hydrogens (tertiary/aromatic N) is 3. The molecule has 1 aliphatic heterocycles. The minimum Gasteiger partial charge on any atom is -0.354 e. The van der Waals surface area contributed by atoms with Gasteiger partial charge in [-0.3, -0.25) is 4.98 Å².